The summed E-state index contributed by atoms with van der Waals surface area (Å²) >= 11 is 1.54. The number of H-pyrrole nitrogens is 1. The Balaban J connectivity index is 1.69. The van der Waals surface area contributed by atoms with Crippen molar-refractivity contribution >= 4 is 28.7 Å². The predicted molar refractivity (Wildman–Crippen MR) is 75.9 cm³/mol. The Kier molecular flexibility index (Phi) is 2.53. The fourth-order valence-corrected chi connectivity index (χ4v) is 3.06. The van der Waals surface area contributed by atoms with E-state index in [4.69, 9.17) is 10.5 Å². The topological polar surface area (TPSA) is 89.7 Å². The first kappa shape index (κ1) is 11.5. The summed E-state index contributed by atoms with van der Waals surface area (Å²) in [5.41, 5.74) is 8.29. The smallest absolute Gasteiger partial charge is 0.172 e. The molecule has 0 saturated carbocycles. The van der Waals surface area contributed by atoms with E-state index in [2.05, 4.69) is 26.0 Å². The van der Waals surface area contributed by atoms with Crippen LogP contribution in [0.4, 0.5) is 5.82 Å². The van der Waals surface area contributed by atoms with Gasteiger partial charge in [-0.15, -0.1) is 0 Å². The van der Waals surface area contributed by atoms with Crippen molar-refractivity contribution in [2.45, 2.75) is 16.5 Å². The maximum atomic E-state index is 5.78. The largest absolute Gasteiger partial charge is 0.493 e. The highest BCUT2D eigenvalue weighted by molar-refractivity contribution is 7.99. The summed E-state index contributed by atoms with van der Waals surface area (Å²) < 4.78 is 5.50. The average molecular weight is 285 g/mol. The molecule has 20 heavy (non-hydrogen) atoms. The van der Waals surface area contributed by atoms with E-state index in [1.54, 1.807) is 11.8 Å². The summed E-state index contributed by atoms with van der Waals surface area (Å²) in [6.45, 7) is 0.764. The lowest BCUT2D eigenvalue weighted by molar-refractivity contribution is 0.357. The molecule has 0 bridgehead atoms. The summed E-state index contributed by atoms with van der Waals surface area (Å²) in [5, 5.41) is 0.756. The zero-order valence-electron chi connectivity index (χ0n) is 10.5. The van der Waals surface area contributed by atoms with E-state index in [1.807, 2.05) is 12.1 Å². The van der Waals surface area contributed by atoms with Crippen molar-refractivity contribution in [2.24, 2.45) is 0 Å². The number of rotatable bonds is 2. The monoisotopic (exact) mass is 285 g/mol. The molecule has 1 aromatic carbocycles. The third-order valence-electron chi connectivity index (χ3n) is 3.16. The van der Waals surface area contributed by atoms with Crippen LogP contribution < -0.4 is 10.5 Å². The van der Waals surface area contributed by atoms with Crippen LogP contribution in [-0.2, 0) is 6.42 Å². The zero-order valence-corrected chi connectivity index (χ0v) is 11.3. The molecular formula is C13H11N5OS. The highest BCUT2D eigenvalue weighted by Crippen LogP contribution is 2.33. The number of nitrogens with two attached hydrogens (primary N) is 1. The molecule has 7 heteroatoms. The minimum atomic E-state index is 0.389. The lowest BCUT2D eigenvalue weighted by Gasteiger charge is -2.01. The minimum Gasteiger partial charge on any atom is -0.493 e. The normalized spacial score (nSPS) is 13.4. The lowest BCUT2D eigenvalue weighted by atomic mass is 10.2. The van der Waals surface area contributed by atoms with E-state index in [0.717, 1.165) is 28.8 Å². The van der Waals surface area contributed by atoms with Gasteiger partial charge in [-0.05, 0) is 23.8 Å². The van der Waals surface area contributed by atoms with Gasteiger partial charge in [0.2, 0.25) is 0 Å². The molecule has 3 N–H and O–H groups in total. The summed E-state index contributed by atoms with van der Waals surface area (Å²) in [4.78, 5) is 16.7. The minimum absolute atomic E-state index is 0.389. The van der Waals surface area contributed by atoms with Crippen LogP contribution >= 0.6 is 11.8 Å². The highest BCUT2D eigenvalue weighted by atomic mass is 32.2. The number of anilines is 1. The second-order valence-electron chi connectivity index (χ2n) is 4.47. The van der Waals surface area contributed by atoms with E-state index >= 15 is 0 Å². The molecule has 6 nitrogen and oxygen atoms in total. The Labute approximate surface area is 118 Å². The molecule has 0 spiro atoms. The Bertz CT molecular complexity index is 801. The number of ether oxygens (including phenoxy) is 1. The maximum absolute atomic E-state index is 5.78. The van der Waals surface area contributed by atoms with E-state index in [9.17, 15) is 0 Å². The molecule has 100 valence electrons. The number of nitrogens with one attached hydrogen (secondary N) is 1. The van der Waals surface area contributed by atoms with E-state index in [0.29, 0.717) is 17.0 Å². The van der Waals surface area contributed by atoms with Crippen molar-refractivity contribution in [3.8, 4) is 5.75 Å². The molecule has 0 amide bonds. The number of nitrogens with zero attached hydrogens (tertiary/aromatic N) is 3. The van der Waals surface area contributed by atoms with Crippen LogP contribution in [0.15, 0.2) is 34.6 Å². The first-order chi connectivity index (χ1) is 9.79. The molecule has 3 aromatic rings. The van der Waals surface area contributed by atoms with Crippen molar-refractivity contribution in [1.82, 2.24) is 19.9 Å². The van der Waals surface area contributed by atoms with Crippen molar-refractivity contribution in [3.05, 3.63) is 30.1 Å². The van der Waals surface area contributed by atoms with Crippen molar-refractivity contribution in [1.29, 1.82) is 0 Å². The molecule has 0 radical (unpaired) electrons. The Morgan fingerprint density at radius 1 is 1.30 bits per heavy atom. The SMILES string of the molecule is Nc1ncnc2[nH]c(Sc3ccc4c(c3)CCO4)nc12. The van der Waals surface area contributed by atoms with Crippen LogP contribution in [0, 0.1) is 0 Å². The van der Waals surface area contributed by atoms with Gasteiger partial charge in [0.05, 0.1) is 6.61 Å². The number of imidazole rings is 1. The molecule has 2 aromatic heterocycles. The number of benzene rings is 1. The van der Waals surface area contributed by atoms with Gasteiger partial charge in [0.15, 0.2) is 22.1 Å². The first-order valence-corrected chi connectivity index (χ1v) is 7.01. The van der Waals surface area contributed by atoms with Crippen molar-refractivity contribution in [2.75, 3.05) is 12.3 Å². The Morgan fingerprint density at radius 2 is 2.25 bits per heavy atom. The predicted octanol–water partition coefficient (Wildman–Crippen LogP) is 2.02. The second-order valence-corrected chi connectivity index (χ2v) is 5.53. The van der Waals surface area contributed by atoms with Gasteiger partial charge < -0.3 is 15.5 Å². The third kappa shape index (κ3) is 1.87. The maximum Gasteiger partial charge on any atom is 0.172 e. The fraction of sp³-hybridized carbons (Fsp3) is 0.154. The molecule has 1 aliphatic rings. The van der Waals surface area contributed by atoms with Gasteiger partial charge in [0.25, 0.3) is 0 Å². The van der Waals surface area contributed by atoms with E-state index in [-0.39, 0.29) is 0 Å². The van der Waals surface area contributed by atoms with E-state index < -0.39 is 0 Å². The fourth-order valence-electron chi connectivity index (χ4n) is 2.21. The lowest BCUT2D eigenvalue weighted by Crippen LogP contribution is -1.91. The molecule has 0 unspecified atom stereocenters. The van der Waals surface area contributed by atoms with Crippen LogP contribution in [0.5, 0.6) is 5.75 Å². The van der Waals surface area contributed by atoms with Gasteiger partial charge in [-0.2, -0.15) is 0 Å². The first-order valence-electron chi connectivity index (χ1n) is 6.19. The van der Waals surface area contributed by atoms with Crippen LogP contribution in [0.3, 0.4) is 0 Å². The van der Waals surface area contributed by atoms with Crippen LogP contribution in [0.25, 0.3) is 11.2 Å². The van der Waals surface area contributed by atoms with Gasteiger partial charge in [-0.1, -0.05) is 11.8 Å². The van der Waals surface area contributed by atoms with Crippen molar-refractivity contribution in [3.63, 3.8) is 0 Å². The number of aromatic nitrogens is 4. The molecule has 1 aliphatic heterocycles. The Morgan fingerprint density at radius 3 is 3.15 bits per heavy atom. The summed E-state index contributed by atoms with van der Waals surface area (Å²) in [5.74, 6) is 1.37. The summed E-state index contributed by atoms with van der Waals surface area (Å²) in [6, 6.07) is 6.16. The molecule has 4 rings (SSSR count). The molecule has 0 aliphatic carbocycles. The van der Waals surface area contributed by atoms with Gasteiger partial charge in [0.1, 0.15) is 12.1 Å². The molecule has 0 saturated heterocycles. The second kappa shape index (κ2) is 4.38. The van der Waals surface area contributed by atoms with Gasteiger partial charge in [0, 0.05) is 11.3 Å². The van der Waals surface area contributed by atoms with Gasteiger partial charge in [-0.25, -0.2) is 15.0 Å². The molecular weight excluding hydrogens is 274 g/mol. The average Bonchev–Trinajstić information content (AvgIpc) is 3.05. The number of aromatic amines is 1. The highest BCUT2D eigenvalue weighted by Gasteiger charge is 2.14. The van der Waals surface area contributed by atoms with Gasteiger partial charge >= 0.3 is 0 Å². The molecule has 0 fully saturated rings. The van der Waals surface area contributed by atoms with Crippen molar-refractivity contribution < 1.29 is 4.74 Å². The molecule has 3 heterocycles. The number of fused-ring (bicyclic) bond motifs is 2. The number of nitrogen functional groups attached to an aromatic ring is 1. The number of hydrogen-bond donors (Lipinski definition) is 2. The van der Waals surface area contributed by atoms with Crippen LogP contribution in [0.1, 0.15) is 5.56 Å². The number of hydrogen-bond acceptors (Lipinski definition) is 6. The molecule has 0 atom stereocenters. The third-order valence-corrected chi connectivity index (χ3v) is 4.04. The zero-order chi connectivity index (χ0) is 13.5. The van der Waals surface area contributed by atoms with Gasteiger partial charge in [-0.3, -0.25) is 0 Å². The van der Waals surface area contributed by atoms with E-state index in [1.165, 1.54) is 11.9 Å². The Hall–Kier alpha value is -2.28. The quantitative estimate of drug-likeness (QED) is 0.748. The summed E-state index contributed by atoms with van der Waals surface area (Å²) in [7, 11) is 0. The summed E-state index contributed by atoms with van der Waals surface area (Å²) in [6.07, 6.45) is 2.39. The standard InChI is InChI=1S/C13H11N5OS/c14-11-10-12(16-6-15-11)18-13(17-10)20-8-1-2-9-7(5-8)3-4-19-9/h1-2,5-6H,3-4H2,(H3,14,15,16,17,18). The van der Waals surface area contributed by atoms with Crippen LogP contribution in [-0.4, -0.2) is 26.5 Å². The van der Waals surface area contributed by atoms with Crippen LogP contribution in [0.2, 0.25) is 0 Å².